The molecule has 0 saturated carbocycles. The fraction of sp³-hybridized carbons (Fsp3) is 0.571. The number of amides is 2. The van der Waals surface area contributed by atoms with Crippen LogP contribution in [0.4, 0.5) is 4.79 Å². The van der Waals surface area contributed by atoms with Gasteiger partial charge >= 0.3 is 6.09 Å². The van der Waals surface area contributed by atoms with E-state index in [-0.39, 0.29) is 12.0 Å². The molecule has 2 amide bonds. The first kappa shape index (κ1) is 14.3. The zero-order chi connectivity index (χ0) is 14.7. The molecule has 2 aliphatic rings. The number of cyclic esters (lactones) is 1. The number of carbonyl (C=O) groups excluding carboxylic acids is 2. The SMILES string of the molecule is O=C(NCCN1CCOC1=O)c1ccc([C@@H]2CCCN2)s1. The molecule has 6 nitrogen and oxygen atoms in total. The molecule has 2 aliphatic heterocycles. The Kier molecular flexibility index (Phi) is 4.40. The van der Waals surface area contributed by atoms with Crippen molar-refractivity contribution in [2.75, 3.05) is 32.8 Å². The summed E-state index contributed by atoms with van der Waals surface area (Å²) in [5, 5.41) is 6.28. The Morgan fingerprint density at radius 2 is 2.43 bits per heavy atom. The van der Waals surface area contributed by atoms with Crippen LogP contribution in [-0.4, -0.2) is 49.7 Å². The second-order valence-electron chi connectivity index (χ2n) is 5.21. The predicted octanol–water partition coefficient (Wildman–Crippen LogP) is 1.35. The van der Waals surface area contributed by atoms with Crippen molar-refractivity contribution in [3.63, 3.8) is 0 Å². The Labute approximate surface area is 127 Å². The van der Waals surface area contributed by atoms with E-state index in [2.05, 4.69) is 10.6 Å². The second kappa shape index (κ2) is 6.44. The third-order valence-corrected chi connectivity index (χ3v) is 4.96. The van der Waals surface area contributed by atoms with Crippen LogP contribution in [-0.2, 0) is 4.74 Å². The summed E-state index contributed by atoms with van der Waals surface area (Å²) in [4.78, 5) is 26.9. The van der Waals surface area contributed by atoms with Crippen molar-refractivity contribution in [2.24, 2.45) is 0 Å². The van der Waals surface area contributed by atoms with Gasteiger partial charge in [-0.1, -0.05) is 0 Å². The quantitative estimate of drug-likeness (QED) is 0.861. The highest BCUT2D eigenvalue weighted by atomic mass is 32.1. The zero-order valence-corrected chi connectivity index (χ0v) is 12.6. The number of nitrogens with zero attached hydrogens (tertiary/aromatic N) is 1. The molecule has 1 atom stereocenters. The molecular formula is C14H19N3O3S. The minimum absolute atomic E-state index is 0.0724. The first-order valence-electron chi connectivity index (χ1n) is 7.27. The van der Waals surface area contributed by atoms with Crippen LogP contribution in [0.2, 0.25) is 0 Å². The first-order valence-corrected chi connectivity index (χ1v) is 8.09. The monoisotopic (exact) mass is 309 g/mol. The molecule has 1 aromatic rings. The molecule has 0 aromatic carbocycles. The number of nitrogens with one attached hydrogen (secondary N) is 2. The molecule has 0 unspecified atom stereocenters. The van der Waals surface area contributed by atoms with Crippen molar-refractivity contribution in [1.29, 1.82) is 0 Å². The van der Waals surface area contributed by atoms with Gasteiger partial charge in [-0.25, -0.2) is 4.79 Å². The highest BCUT2D eigenvalue weighted by Crippen LogP contribution is 2.29. The number of carbonyl (C=O) groups is 2. The molecule has 2 fully saturated rings. The van der Waals surface area contributed by atoms with Gasteiger partial charge in [0.1, 0.15) is 6.61 Å². The summed E-state index contributed by atoms with van der Waals surface area (Å²) in [6, 6.07) is 4.30. The lowest BCUT2D eigenvalue weighted by Crippen LogP contribution is -2.35. The normalized spacial score (nSPS) is 21.6. The number of hydrogen-bond donors (Lipinski definition) is 2. The van der Waals surface area contributed by atoms with Crippen LogP contribution < -0.4 is 10.6 Å². The van der Waals surface area contributed by atoms with Crippen LogP contribution >= 0.6 is 11.3 Å². The van der Waals surface area contributed by atoms with Crippen molar-refractivity contribution < 1.29 is 14.3 Å². The minimum atomic E-state index is -0.296. The van der Waals surface area contributed by atoms with Crippen molar-refractivity contribution in [3.8, 4) is 0 Å². The lowest BCUT2D eigenvalue weighted by atomic mass is 10.2. The van der Waals surface area contributed by atoms with E-state index in [0.717, 1.165) is 17.8 Å². The smallest absolute Gasteiger partial charge is 0.409 e. The van der Waals surface area contributed by atoms with E-state index in [1.165, 1.54) is 11.3 Å². The Morgan fingerprint density at radius 1 is 1.52 bits per heavy atom. The molecule has 0 spiro atoms. The molecular weight excluding hydrogens is 290 g/mol. The van der Waals surface area contributed by atoms with E-state index in [4.69, 9.17) is 4.74 Å². The molecule has 7 heteroatoms. The summed E-state index contributed by atoms with van der Waals surface area (Å²) < 4.78 is 4.84. The van der Waals surface area contributed by atoms with Gasteiger partial charge in [0.25, 0.3) is 5.91 Å². The topological polar surface area (TPSA) is 70.7 Å². The summed E-state index contributed by atoms with van der Waals surface area (Å²) in [6.07, 6.45) is 2.03. The molecule has 3 heterocycles. The Morgan fingerprint density at radius 3 is 3.14 bits per heavy atom. The third kappa shape index (κ3) is 3.36. The lowest BCUT2D eigenvalue weighted by Gasteiger charge is -2.12. The molecule has 21 heavy (non-hydrogen) atoms. The van der Waals surface area contributed by atoms with E-state index in [9.17, 15) is 9.59 Å². The fourth-order valence-electron chi connectivity index (χ4n) is 2.61. The van der Waals surface area contributed by atoms with E-state index in [1.54, 1.807) is 16.2 Å². The van der Waals surface area contributed by atoms with E-state index in [1.807, 2.05) is 12.1 Å². The molecule has 114 valence electrons. The lowest BCUT2D eigenvalue weighted by molar-refractivity contribution is 0.0953. The van der Waals surface area contributed by atoms with Crippen LogP contribution in [0, 0.1) is 0 Å². The van der Waals surface area contributed by atoms with Gasteiger partial charge in [-0.2, -0.15) is 0 Å². The van der Waals surface area contributed by atoms with E-state index >= 15 is 0 Å². The maximum atomic E-state index is 12.1. The summed E-state index contributed by atoms with van der Waals surface area (Å²) in [5.74, 6) is -0.0724. The average molecular weight is 309 g/mol. The highest BCUT2D eigenvalue weighted by molar-refractivity contribution is 7.14. The number of hydrogen-bond acceptors (Lipinski definition) is 5. The van der Waals surface area contributed by atoms with Crippen molar-refractivity contribution in [2.45, 2.75) is 18.9 Å². The number of thiophene rings is 1. The summed E-state index contributed by atoms with van der Waals surface area (Å²) in [6.45, 7) is 3.03. The van der Waals surface area contributed by atoms with E-state index < -0.39 is 0 Å². The number of rotatable bonds is 5. The van der Waals surface area contributed by atoms with Gasteiger partial charge in [0.2, 0.25) is 0 Å². The Balaban J connectivity index is 1.47. The first-order chi connectivity index (χ1) is 10.2. The van der Waals surface area contributed by atoms with E-state index in [0.29, 0.717) is 32.3 Å². The number of ether oxygens (including phenoxy) is 1. The molecule has 2 saturated heterocycles. The molecule has 0 radical (unpaired) electrons. The van der Waals surface area contributed by atoms with Crippen LogP contribution in [0.3, 0.4) is 0 Å². The van der Waals surface area contributed by atoms with Gasteiger partial charge in [0.15, 0.2) is 0 Å². The van der Waals surface area contributed by atoms with Gasteiger partial charge in [0.05, 0.1) is 11.4 Å². The largest absolute Gasteiger partial charge is 0.448 e. The average Bonchev–Trinajstić information content (AvgIpc) is 3.19. The maximum Gasteiger partial charge on any atom is 0.409 e. The zero-order valence-electron chi connectivity index (χ0n) is 11.8. The molecule has 1 aromatic heterocycles. The Hall–Kier alpha value is -1.60. The standard InChI is InChI=1S/C14H19N3O3S/c18-13(16-6-7-17-8-9-20-14(17)19)12-4-3-11(21-12)10-2-1-5-15-10/h3-4,10,15H,1-2,5-9H2,(H,16,18)/t10-/m0/s1. The van der Waals surface area contributed by atoms with Crippen LogP contribution in [0.25, 0.3) is 0 Å². The van der Waals surface area contributed by atoms with Gasteiger partial charge in [-0.3, -0.25) is 4.79 Å². The summed E-state index contributed by atoms with van der Waals surface area (Å²) in [7, 11) is 0. The summed E-state index contributed by atoms with van der Waals surface area (Å²) in [5.41, 5.74) is 0. The van der Waals surface area contributed by atoms with Crippen LogP contribution in [0.1, 0.15) is 33.4 Å². The molecule has 3 rings (SSSR count). The van der Waals surface area contributed by atoms with Gasteiger partial charge in [-0.15, -0.1) is 11.3 Å². The minimum Gasteiger partial charge on any atom is -0.448 e. The molecule has 2 N–H and O–H groups in total. The Bertz CT molecular complexity index is 525. The van der Waals surface area contributed by atoms with Crippen molar-refractivity contribution in [3.05, 3.63) is 21.9 Å². The van der Waals surface area contributed by atoms with Gasteiger partial charge in [-0.05, 0) is 31.5 Å². The molecule has 0 aliphatic carbocycles. The summed E-state index contributed by atoms with van der Waals surface area (Å²) >= 11 is 1.54. The van der Waals surface area contributed by atoms with Crippen molar-refractivity contribution in [1.82, 2.24) is 15.5 Å². The van der Waals surface area contributed by atoms with Crippen LogP contribution in [0.5, 0.6) is 0 Å². The van der Waals surface area contributed by atoms with Gasteiger partial charge < -0.3 is 20.3 Å². The fourth-order valence-corrected chi connectivity index (χ4v) is 3.64. The molecule has 0 bridgehead atoms. The van der Waals surface area contributed by atoms with Crippen molar-refractivity contribution >= 4 is 23.3 Å². The maximum absolute atomic E-state index is 12.1. The van der Waals surface area contributed by atoms with Gasteiger partial charge in [0, 0.05) is 24.0 Å². The predicted molar refractivity (Wildman–Crippen MR) is 79.6 cm³/mol. The highest BCUT2D eigenvalue weighted by Gasteiger charge is 2.22. The third-order valence-electron chi connectivity index (χ3n) is 3.77. The second-order valence-corrected chi connectivity index (χ2v) is 6.32. The van der Waals surface area contributed by atoms with Crippen LogP contribution in [0.15, 0.2) is 12.1 Å².